The van der Waals surface area contributed by atoms with Crippen LogP contribution >= 0.6 is 0 Å². The van der Waals surface area contributed by atoms with E-state index in [2.05, 4.69) is 62.4 Å². The van der Waals surface area contributed by atoms with Crippen molar-refractivity contribution < 1.29 is 0 Å². The molecule has 0 saturated heterocycles. The van der Waals surface area contributed by atoms with E-state index in [0.29, 0.717) is 6.04 Å². The maximum absolute atomic E-state index is 3.83. The lowest BCUT2D eigenvalue weighted by Gasteiger charge is -2.09. The summed E-state index contributed by atoms with van der Waals surface area (Å²) < 4.78 is 2.41. The van der Waals surface area contributed by atoms with Crippen LogP contribution in [-0.4, -0.2) is 10.6 Å². The second-order valence-electron chi connectivity index (χ2n) is 5.83. The van der Waals surface area contributed by atoms with E-state index in [1.807, 2.05) is 6.08 Å². The van der Waals surface area contributed by atoms with Gasteiger partial charge in [-0.15, -0.1) is 6.58 Å². The zero-order chi connectivity index (χ0) is 14.7. The Balaban J connectivity index is 2.37. The zero-order valence-corrected chi connectivity index (χ0v) is 13.2. The van der Waals surface area contributed by atoms with Crippen molar-refractivity contribution in [3.8, 4) is 0 Å². The van der Waals surface area contributed by atoms with Crippen LogP contribution in [0.1, 0.15) is 37.1 Å². The van der Waals surface area contributed by atoms with Crippen LogP contribution in [0, 0.1) is 13.8 Å². The van der Waals surface area contributed by atoms with Gasteiger partial charge in [-0.25, -0.2) is 0 Å². The first-order valence-electron chi connectivity index (χ1n) is 7.47. The summed E-state index contributed by atoms with van der Waals surface area (Å²) >= 11 is 0. The van der Waals surface area contributed by atoms with Gasteiger partial charge in [-0.3, -0.25) is 0 Å². The smallest absolute Gasteiger partial charge is 0.0485 e. The molecule has 0 unspecified atom stereocenters. The quantitative estimate of drug-likeness (QED) is 0.773. The number of nitrogens with zero attached hydrogens (tertiary/aromatic N) is 1. The minimum Gasteiger partial charge on any atom is -0.344 e. The highest BCUT2D eigenvalue weighted by Gasteiger charge is 2.10. The van der Waals surface area contributed by atoms with Gasteiger partial charge in [0.25, 0.3) is 0 Å². The third kappa shape index (κ3) is 2.96. The van der Waals surface area contributed by atoms with Gasteiger partial charge in [-0.1, -0.05) is 26.0 Å². The summed E-state index contributed by atoms with van der Waals surface area (Å²) in [4.78, 5) is 0. The van der Waals surface area contributed by atoms with Gasteiger partial charge in [-0.05, 0) is 43.5 Å². The summed E-state index contributed by atoms with van der Waals surface area (Å²) in [5, 5.41) is 4.87. The van der Waals surface area contributed by atoms with Crippen molar-refractivity contribution in [2.24, 2.45) is 0 Å². The van der Waals surface area contributed by atoms with Crippen molar-refractivity contribution in [2.45, 2.75) is 53.2 Å². The van der Waals surface area contributed by atoms with E-state index in [9.17, 15) is 0 Å². The SMILES string of the molecule is C=CCCn1c(C)c(C)c2cc(CNC(C)C)ccc21. The summed E-state index contributed by atoms with van der Waals surface area (Å²) in [7, 11) is 0. The molecule has 0 radical (unpaired) electrons. The Kier molecular flexibility index (Phi) is 4.66. The summed E-state index contributed by atoms with van der Waals surface area (Å²) in [6.07, 6.45) is 3.00. The highest BCUT2D eigenvalue weighted by molar-refractivity contribution is 5.86. The molecule has 1 aromatic carbocycles. The van der Waals surface area contributed by atoms with Gasteiger partial charge in [-0.2, -0.15) is 0 Å². The van der Waals surface area contributed by atoms with Gasteiger partial charge in [0.1, 0.15) is 0 Å². The first kappa shape index (κ1) is 14.9. The van der Waals surface area contributed by atoms with Gasteiger partial charge in [0.2, 0.25) is 0 Å². The van der Waals surface area contributed by atoms with Gasteiger partial charge >= 0.3 is 0 Å². The Morgan fingerprint density at radius 1 is 1.30 bits per heavy atom. The number of hydrogen-bond acceptors (Lipinski definition) is 1. The van der Waals surface area contributed by atoms with Gasteiger partial charge in [0.15, 0.2) is 0 Å². The minimum absolute atomic E-state index is 0.519. The van der Waals surface area contributed by atoms with Crippen LogP contribution in [0.15, 0.2) is 30.9 Å². The molecule has 2 nitrogen and oxygen atoms in total. The topological polar surface area (TPSA) is 17.0 Å². The van der Waals surface area contributed by atoms with Crippen LogP contribution in [0.3, 0.4) is 0 Å². The van der Waals surface area contributed by atoms with Crippen LogP contribution < -0.4 is 5.32 Å². The molecule has 0 fully saturated rings. The van der Waals surface area contributed by atoms with Crippen molar-refractivity contribution >= 4 is 10.9 Å². The van der Waals surface area contributed by atoms with Crippen LogP contribution in [0.5, 0.6) is 0 Å². The zero-order valence-electron chi connectivity index (χ0n) is 13.2. The molecule has 1 aromatic heterocycles. The normalized spacial score (nSPS) is 11.4. The molecule has 1 N–H and O–H groups in total. The first-order chi connectivity index (χ1) is 9.54. The van der Waals surface area contributed by atoms with E-state index >= 15 is 0 Å². The predicted molar refractivity (Wildman–Crippen MR) is 88.2 cm³/mol. The number of rotatable bonds is 6. The fourth-order valence-electron chi connectivity index (χ4n) is 2.64. The first-order valence-corrected chi connectivity index (χ1v) is 7.47. The number of allylic oxidation sites excluding steroid dienone is 1. The molecule has 1 heterocycles. The number of aryl methyl sites for hydroxylation is 2. The third-order valence-electron chi connectivity index (χ3n) is 3.97. The minimum atomic E-state index is 0.519. The molecule has 0 spiro atoms. The summed E-state index contributed by atoms with van der Waals surface area (Å²) in [5.41, 5.74) is 5.47. The Hall–Kier alpha value is -1.54. The van der Waals surface area contributed by atoms with E-state index in [1.54, 1.807) is 0 Å². The van der Waals surface area contributed by atoms with E-state index < -0.39 is 0 Å². The molecule has 0 amide bonds. The summed E-state index contributed by atoms with van der Waals surface area (Å²) in [6.45, 7) is 14.6. The van der Waals surface area contributed by atoms with E-state index in [-0.39, 0.29) is 0 Å². The molecule has 0 aliphatic rings. The van der Waals surface area contributed by atoms with Crippen LogP contribution in [0.2, 0.25) is 0 Å². The molecule has 0 saturated carbocycles. The number of fused-ring (bicyclic) bond motifs is 1. The molecule has 2 heteroatoms. The largest absolute Gasteiger partial charge is 0.344 e. The molecule has 108 valence electrons. The molecular weight excluding hydrogens is 244 g/mol. The van der Waals surface area contributed by atoms with Gasteiger partial charge < -0.3 is 9.88 Å². The maximum Gasteiger partial charge on any atom is 0.0485 e. The molecule has 0 aliphatic carbocycles. The molecular formula is C18H26N2. The Morgan fingerprint density at radius 3 is 2.70 bits per heavy atom. The summed E-state index contributed by atoms with van der Waals surface area (Å²) in [5.74, 6) is 0. The highest BCUT2D eigenvalue weighted by Crippen LogP contribution is 2.26. The van der Waals surface area contributed by atoms with E-state index in [4.69, 9.17) is 0 Å². The lowest BCUT2D eigenvalue weighted by atomic mass is 10.1. The molecule has 0 aliphatic heterocycles. The Labute approximate surface area is 122 Å². The van der Waals surface area contributed by atoms with Crippen molar-refractivity contribution in [2.75, 3.05) is 0 Å². The second-order valence-corrected chi connectivity index (χ2v) is 5.83. The Bertz CT molecular complexity index is 605. The molecule has 0 bridgehead atoms. The van der Waals surface area contributed by atoms with E-state index in [1.165, 1.54) is 27.7 Å². The molecule has 0 atom stereocenters. The van der Waals surface area contributed by atoms with Crippen LogP contribution in [-0.2, 0) is 13.1 Å². The molecule has 20 heavy (non-hydrogen) atoms. The molecule has 2 rings (SSSR count). The predicted octanol–water partition coefficient (Wildman–Crippen LogP) is 4.33. The lowest BCUT2D eigenvalue weighted by molar-refractivity contribution is 0.589. The number of benzene rings is 1. The average molecular weight is 270 g/mol. The third-order valence-corrected chi connectivity index (χ3v) is 3.97. The molecule has 2 aromatic rings. The second kappa shape index (κ2) is 6.27. The number of hydrogen-bond donors (Lipinski definition) is 1. The van der Waals surface area contributed by atoms with Crippen molar-refractivity contribution in [3.05, 3.63) is 47.7 Å². The number of aromatic nitrogens is 1. The lowest BCUT2D eigenvalue weighted by Crippen LogP contribution is -2.21. The maximum atomic E-state index is 3.83. The van der Waals surface area contributed by atoms with Crippen molar-refractivity contribution in [3.63, 3.8) is 0 Å². The van der Waals surface area contributed by atoms with Crippen molar-refractivity contribution in [1.29, 1.82) is 0 Å². The van der Waals surface area contributed by atoms with Crippen molar-refractivity contribution in [1.82, 2.24) is 9.88 Å². The fraction of sp³-hybridized carbons (Fsp3) is 0.444. The highest BCUT2D eigenvalue weighted by atomic mass is 15.0. The summed E-state index contributed by atoms with van der Waals surface area (Å²) in [6, 6.07) is 7.35. The standard InChI is InChI=1S/C18H26N2/c1-6-7-10-20-15(5)14(4)17-11-16(8-9-18(17)20)12-19-13(2)3/h6,8-9,11,13,19H,1,7,10,12H2,2-5H3. The average Bonchev–Trinajstić information content (AvgIpc) is 2.67. The van der Waals surface area contributed by atoms with E-state index in [0.717, 1.165) is 19.5 Å². The number of nitrogens with one attached hydrogen (secondary N) is 1. The van der Waals surface area contributed by atoms with Gasteiger partial charge in [0, 0.05) is 35.7 Å². The monoisotopic (exact) mass is 270 g/mol. The van der Waals surface area contributed by atoms with Gasteiger partial charge in [0.05, 0.1) is 0 Å². The Morgan fingerprint density at radius 2 is 2.05 bits per heavy atom. The van der Waals surface area contributed by atoms with Crippen LogP contribution in [0.4, 0.5) is 0 Å². The van der Waals surface area contributed by atoms with Crippen LogP contribution in [0.25, 0.3) is 10.9 Å². The fourth-order valence-corrected chi connectivity index (χ4v) is 2.64.